The molecule has 0 aromatic heterocycles. The number of quaternary nitrogens is 1. The molecule has 1 aliphatic rings. The summed E-state index contributed by atoms with van der Waals surface area (Å²) in [6, 6.07) is 7.95. The second kappa shape index (κ2) is 23.6. The molecule has 2 unspecified atom stereocenters. The summed E-state index contributed by atoms with van der Waals surface area (Å²) in [5.74, 6) is -2.98. The minimum Gasteiger partial charge on any atom is -0.480 e. The number of thioether (sulfide) groups is 1. The average molecular weight is 759 g/mol. The van der Waals surface area contributed by atoms with E-state index in [0.717, 1.165) is 16.2 Å². The average Bonchev–Trinajstić information content (AvgIpc) is 2.92. The van der Waals surface area contributed by atoms with Crippen molar-refractivity contribution in [2.45, 2.75) is 56.4 Å². The molecule has 5 N–H and O–H groups in total. The third-order valence-electron chi connectivity index (χ3n) is 7.65. The van der Waals surface area contributed by atoms with Crippen molar-refractivity contribution in [3.05, 3.63) is 29.8 Å². The Hall–Kier alpha value is -0.658. The fourth-order valence-corrected chi connectivity index (χ4v) is 6.31. The van der Waals surface area contributed by atoms with E-state index in [0.29, 0.717) is 39.1 Å². The molecule has 0 saturated carbocycles. The van der Waals surface area contributed by atoms with Crippen LogP contribution in [0.25, 0.3) is 0 Å². The number of unbranched alkanes of at least 4 members (excludes halogenated alkanes) is 4. The first-order valence-electron chi connectivity index (χ1n) is 15.2. The third-order valence-corrected chi connectivity index (χ3v) is 8.75. The third kappa shape index (κ3) is 18.5. The Kier molecular flexibility index (Phi) is 22.2. The van der Waals surface area contributed by atoms with E-state index in [-0.39, 0.29) is 114 Å². The molecule has 0 aliphatic carbocycles. The summed E-state index contributed by atoms with van der Waals surface area (Å²) in [5.41, 5.74) is 1.01. The topological polar surface area (TPSA) is 163 Å². The van der Waals surface area contributed by atoms with Gasteiger partial charge in [0.15, 0.2) is 6.54 Å². The van der Waals surface area contributed by atoms with Gasteiger partial charge in [-0.2, -0.15) is 0 Å². The number of nitrogens with zero attached hydrogens (tertiary/aromatic N) is 3. The summed E-state index contributed by atoms with van der Waals surface area (Å²) in [5, 5.41) is 38.2. The number of nitrogens with one attached hydrogen (secondary N) is 1. The van der Waals surface area contributed by atoms with Gasteiger partial charge in [0.1, 0.15) is 6.04 Å². The summed E-state index contributed by atoms with van der Waals surface area (Å²) >= 11 is 1.82. The summed E-state index contributed by atoms with van der Waals surface area (Å²) < 4.78 is 0. The van der Waals surface area contributed by atoms with E-state index in [9.17, 15) is 39.6 Å². The number of carboxylic acids is 4. The molecule has 1 aromatic rings. The summed E-state index contributed by atoms with van der Waals surface area (Å²) in [4.78, 5) is 53.8. The Morgan fingerprint density at radius 3 is 1.82 bits per heavy atom. The Balaban J connectivity index is 0.00000968. The fourth-order valence-electron chi connectivity index (χ4n) is 5.40. The zero-order chi connectivity index (χ0) is 31.6. The molecule has 1 aromatic carbocycles. The SMILES string of the molecule is CCCCCCCSc1ccc(CC2CN(CC(=O)O)CCN(CC(=O)O)CCN(CC(=O)O)CC[NH+]2CC(=O)O)cc1.[Cs+]. The summed E-state index contributed by atoms with van der Waals surface area (Å²) in [7, 11) is 0. The van der Waals surface area contributed by atoms with Crippen molar-refractivity contribution in [2.75, 3.05) is 77.7 Å². The number of carbonyl (C=O) groups is 4. The van der Waals surface area contributed by atoms with E-state index in [4.69, 9.17) is 0 Å². The van der Waals surface area contributed by atoms with Crippen LogP contribution in [0.2, 0.25) is 0 Å². The van der Waals surface area contributed by atoms with Crippen LogP contribution >= 0.6 is 11.8 Å². The Bertz CT molecular complexity index is 1020. The van der Waals surface area contributed by atoms with Gasteiger partial charge in [-0.25, -0.2) is 4.79 Å². The Morgan fingerprint density at radius 1 is 0.750 bits per heavy atom. The molecule has 1 heterocycles. The van der Waals surface area contributed by atoms with E-state index in [2.05, 4.69) is 19.1 Å². The fraction of sp³-hybridized carbons (Fsp3) is 0.667. The predicted octanol–water partition coefficient (Wildman–Crippen LogP) is -2.19. The van der Waals surface area contributed by atoms with Crippen molar-refractivity contribution in [1.82, 2.24) is 14.7 Å². The van der Waals surface area contributed by atoms with Crippen LogP contribution in [0.3, 0.4) is 0 Å². The summed E-state index contributed by atoms with van der Waals surface area (Å²) in [6.45, 7) is 3.37. The van der Waals surface area contributed by atoms with Gasteiger partial charge in [-0.1, -0.05) is 44.7 Å². The van der Waals surface area contributed by atoms with Crippen LogP contribution in [0, 0.1) is 0 Å². The van der Waals surface area contributed by atoms with Crippen LogP contribution < -0.4 is 73.8 Å². The standard InChI is InChI=1S/C30H48N4O8S.Cs/c1-2-3-4-5-6-17-43-26-9-7-24(8-10-26)18-25-19-33(22-29(39)40)14-13-31(20-27(35)36)11-12-32(21-28(37)38)15-16-34(25)23-30(41)42;/h7-10,25H,2-6,11-23H2,1H3,(H,35,36)(H,37,38)(H,39,40)(H,41,42);/q;+1/p+1. The molecular weight excluding hydrogens is 709 g/mol. The van der Waals surface area contributed by atoms with Crippen molar-refractivity contribution in [2.24, 2.45) is 0 Å². The zero-order valence-electron chi connectivity index (χ0n) is 26.3. The predicted molar refractivity (Wildman–Crippen MR) is 164 cm³/mol. The van der Waals surface area contributed by atoms with E-state index in [1.54, 1.807) is 14.7 Å². The molecule has 14 heteroatoms. The maximum atomic E-state index is 11.9. The quantitative estimate of drug-likeness (QED) is 0.0864. The second-order valence-electron chi connectivity index (χ2n) is 11.3. The first-order valence-corrected chi connectivity index (χ1v) is 16.1. The van der Waals surface area contributed by atoms with Crippen LogP contribution in [0.15, 0.2) is 29.2 Å². The van der Waals surface area contributed by atoms with Gasteiger partial charge in [-0.15, -0.1) is 11.8 Å². The normalized spacial score (nSPS) is 19.3. The van der Waals surface area contributed by atoms with Crippen LogP contribution in [0.5, 0.6) is 0 Å². The number of hydrogen-bond acceptors (Lipinski definition) is 8. The molecule has 0 bridgehead atoms. The maximum absolute atomic E-state index is 11.9. The summed E-state index contributed by atoms with van der Waals surface area (Å²) in [6.07, 6.45) is 6.66. The first-order chi connectivity index (χ1) is 20.5. The van der Waals surface area contributed by atoms with Gasteiger partial charge in [0.2, 0.25) is 0 Å². The molecule has 44 heavy (non-hydrogen) atoms. The minimum absolute atomic E-state index is 0. The second-order valence-corrected chi connectivity index (χ2v) is 12.4. The number of benzene rings is 1. The van der Waals surface area contributed by atoms with Crippen molar-refractivity contribution in [1.29, 1.82) is 0 Å². The molecule has 2 rings (SSSR count). The Labute approximate surface area is 323 Å². The van der Waals surface area contributed by atoms with Gasteiger partial charge in [-0.3, -0.25) is 29.1 Å². The van der Waals surface area contributed by atoms with E-state index in [1.807, 2.05) is 23.9 Å². The minimum atomic E-state index is -1.02. The number of aliphatic carboxylic acids is 4. The van der Waals surface area contributed by atoms with Crippen LogP contribution in [-0.2, 0) is 25.6 Å². The molecule has 0 amide bonds. The van der Waals surface area contributed by atoms with Gasteiger partial charge >= 0.3 is 92.8 Å². The van der Waals surface area contributed by atoms with Crippen molar-refractivity contribution in [3.8, 4) is 0 Å². The molecule has 1 saturated heterocycles. The maximum Gasteiger partial charge on any atom is 1.00 e. The molecule has 2 atom stereocenters. The molecule has 0 radical (unpaired) electrons. The number of carboxylic acid groups (broad SMARTS) is 4. The van der Waals surface area contributed by atoms with Gasteiger partial charge in [0.05, 0.1) is 32.7 Å². The molecule has 242 valence electrons. The van der Waals surface area contributed by atoms with Crippen molar-refractivity contribution in [3.63, 3.8) is 0 Å². The van der Waals surface area contributed by atoms with E-state index in [1.165, 1.54) is 37.0 Å². The molecule has 12 nitrogen and oxygen atoms in total. The first kappa shape index (κ1) is 41.4. The largest absolute Gasteiger partial charge is 1.00 e. The zero-order valence-corrected chi connectivity index (χ0v) is 33.4. The van der Waals surface area contributed by atoms with Crippen LogP contribution in [-0.4, -0.2) is 143 Å². The van der Waals surface area contributed by atoms with Gasteiger partial charge in [-0.05, 0) is 29.9 Å². The number of rotatable bonds is 17. The van der Waals surface area contributed by atoms with Gasteiger partial charge in [0.25, 0.3) is 0 Å². The smallest absolute Gasteiger partial charge is 0.480 e. The molecule has 1 aliphatic heterocycles. The monoisotopic (exact) mass is 758 g/mol. The van der Waals surface area contributed by atoms with Crippen molar-refractivity contribution < 1.29 is 113 Å². The van der Waals surface area contributed by atoms with Crippen molar-refractivity contribution >= 4 is 35.6 Å². The van der Waals surface area contributed by atoms with Crippen LogP contribution in [0.1, 0.15) is 44.6 Å². The Morgan fingerprint density at radius 2 is 1.27 bits per heavy atom. The van der Waals surface area contributed by atoms with Gasteiger partial charge < -0.3 is 25.3 Å². The van der Waals surface area contributed by atoms with E-state index >= 15 is 0 Å². The van der Waals surface area contributed by atoms with Crippen LogP contribution in [0.4, 0.5) is 0 Å². The molecular formula is C30H49CsN4O8S+2. The van der Waals surface area contributed by atoms with E-state index < -0.39 is 23.9 Å². The molecule has 1 fully saturated rings. The van der Waals surface area contributed by atoms with Gasteiger partial charge in [0, 0.05) is 44.0 Å². The molecule has 0 spiro atoms. The number of hydrogen-bond donors (Lipinski definition) is 5.